The van der Waals surface area contributed by atoms with E-state index in [-0.39, 0.29) is 6.04 Å². The fraction of sp³-hybridized carbons (Fsp3) is 0.167. The number of hydrogen-bond donors (Lipinski definition) is 1. The lowest BCUT2D eigenvalue weighted by Gasteiger charge is -2.17. The van der Waals surface area contributed by atoms with Crippen LogP contribution in [0.15, 0.2) is 44.1 Å². The number of nitrogens with zero attached hydrogens (tertiary/aromatic N) is 2. The van der Waals surface area contributed by atoms with E-state index in [4.69, 9.17) is 0 Å². The van der Waals surface area contributed by atoms with Crippen molar-refractivity contribution in [1.82, 2.24) is 9.97 Å². The molecule has 0 radical (unpaired) electrons. The van der Waals surface area contributed by atoms with Crippen molar-refractivity contribution in [2.24, 2.45) is 0 Å². The van der Waals surface area contributed by atoms with Gasteiger partial charge in [0, 0.05) is 25.8 Å². The Labute approximate surface area is 131 Å². The molecule has 0 bridgehead atoms. The second-order valence-corrected chi connectivity index (χ2v) is 6.37. The summed E-state index contributed by atoms with van der Waals surface area (Å²) >= 11 is 10.5. The maximum Gasteiger partial charge on any atom is 0.0806 e. The Bertz CT molecular complexity index is 523. The third kappa shape index (κ3) is 3.30. The van der Waals surface area contributed by atoms with Crippen molar-refractivity contribution in [1.29, 1.82) is 0 Å². The van der Waals surface area contributed by atoms with Crippen LogP contribution in [0.5, 0.6) is 0 Å². The molecule has 1 unspecified atom stereocenters. The van der Waals surface area contributed by atoms with Gasteiger partial charge in [-0.2, -0.15) is 0 Å². The highest BCUT2D eigenvalue weighted by Crippen LogP contribution is 2.36. The van der Waals surface area contributed by atoms with Crippen molar-refractivity contribution in [3.63, 3.8) is 0 Å². The van der Waals surface area contributed by atoms with Crippen LogP contribution >= 0.6 is 47.8 Å². The van der Waals surface area contributed by atoms with Crippen LogP contribution in [0.4, 0.5) is 5.69 Å². The molecule has 18 heavy (non-hydrogen) atoms. The fourth-order valence-electron chi connectivity index (χ4n) is 1.50. The van der Waals surface area contributed by atoms with Gasteiger partial charge in [-0.3, -0.25) is 9.97 Å². The monoisotopic (exact) mass is 433 g/mol. The molecule has 0 aliphatic heterocycles. The number of anilines is 1. The second kappa shape index (κ2) is 6.12. The molecule has 1 aromatic heterocycles. The first kappa shape index (κ1) is 14.0. The molecule has 0 aliphatic carbocycles. The molecular weight excluding hydrogens is 426 g/mol. The summed E-state index contributed by atoms with van der Waals surface area (Å²) in [6.07, 6.45) is 5.12. The van der Waals surface area contributed by atoms with Gasteiger partial charge in [0.2, 0.25) is 0 Å². The van der Waals surface area contributed by atoms with E-state index in [0.29, 0.717) is 0 Å². The lowest BCUT2D eigenvalue weighted by atomic mass is 10.2. The Morgan fingerprint density at radius 2 is 1.78 bits per heavy atom. The maximum absolute atomic E-state index is 4.29. The summed E-state index contributed by atoms with van der Waals surface area (Å²) in [6.45, 7) is 2.05. The largest absolute Gasteiger partial charge is 0.375 e. The van der Waals surface area contributed by atoms with E-state index >= 15 is 0 Å². The molecule has 2 aromatic rings. The summed E-state index contributed by atoms with van der Waals surface area (Å²) in [7, 11) is 0. The zero-order valence-corrected chi connectivity index (χ0v) is 14.3. The normalized spacial score (nSPS) is 12.2. The summed E-state index contributed by atoms with van der Waals surface area (Å²) in [5, 5.41) is 3.40. The predicted octanol–water partition coefficient (Wildman–Crippen LogP) is 4.94. The van der Waals surface area contributed by atoms with Crippen molar-refractivity contribution < 1.29 is 0 Å². The molecular formula is C12H10Br3N3. The molecule has 0 saturated heterocycles. The zero-order valence-electron chi connectivity index (χ0n) is 9.49. The van der Waals surface area contributed by atoms with E-state index in [1.807, 2.05) is 19.1 Å². The van der Waals surface area contributed by atoms with E-state index in [1.165, 1.54) is 0 Å². The molecule has 1 heterocycles. The van der Waals surface area contributed by atoms with Gasteiger partial charge in [-0.25, -0.2) is 0 Å². The zero-order chi connectivity index (χ0) is 13.1. The summed E-state index contributed by atoms with van der Waals surface area (Å²) < 4.78 is 2.98. The first-order valence-corrected chi connectivity index (χ1v) is 7.63. The first-order valence-electron chi connectivity index (χ1n) is 5.25. The topological polar surface area (TPSA) is 37.8 Å². The Morgan fingerprint density at radius 1 is 1.11 bits per heavy atom. The van der Waals surface area contributed by atoms with Gasteiger partial charge in [-0.05, 0) is 50.9 Å². The average molecular weight is 436 g/mol. The second-order valence-electron chi connectivity index (χ2n) is 3.74. The van der Waals surface area contributed by atoms with Gasteiger partial charge >= 0.3 is 0 Å². The smallest absolute Gasteiger partial charge is 0.0806 e. The highest BCUT2D eigenvalue weighted by molar-refractivity contribution is 9.11. The molecule has 0 spiro atoms. The van der Waals surface area contributed by atoms with Gasteiger partial charge < -0.3 is 5.32 Å². The Morgan fingerprint density at radius 3 is 2.33 bits per heavy atom. The quantitative estimate of drug-likeness (QED) is 0.742. The number of benzene rings is 1. The summed E-state index contributed by atoms with van der Waals surface area (Å²) in [5.41, 5.74) is 1.90. The van der Waals surface area contributed by atoms with Gasteiger partial charge in [-0.1, -0.05) is 15.9 Å². The number of aromatic nitrogens is 2. The van der Waals surface area contributed by atoms with Crippen LogP contribution in [0.1, 0.15) is 18.7 Å². The number of hydrogen-bond acceptors (Lipinski definition) is 3. The summed E-state index contributed by atoms with van der Waals surface area (Å²) in [6, 6.07) is 4.07. The lowest BCUT2D eigenvalue weighted by molar-refractivity contribution is 0.826. The molecule has 94 valence electrons. The van der Waals surface area contributed by atoms with Crippen molar-refractivity contribution in [3.05, 3.63) is 49.8 Å². The van der Waals surface area contributed by atoms with Crippen molar-refractivity contribution in [3.8, 4) is 0 Å². The van der Waals surface area contributed by atoms with Gasteiger partial charge in [-0.15, -0.1) is 0 Å². The standard InChI is InChI=1S/C12H10Br3N3/c1-7(11-6-16-2-3-17-11)18-12-9(14)4-8(13)5-10(12)15/h2-7,18H,1H3. The maximum atomic E-state index is 4.29. The number of rotatable bonds is 3. The van der Waals surface area contributed by atoms with Crippen LogP contribution in [-0.2, 0) is 0 Å². The third-order valence-corrected chi connectivity index (χ3v) is 4.10. The molecule has 2 rings (SSSR count). The third-order valence-electron chi connectivity index (χ3n) is 2.39. The summed E-state index contributed by atoms with van der Waals surface area (Å²) in [4.78, 5) is 8.36. The molecule has 6 heteroatoms. The number of halogens is 3. The molecule has 0 saturated carbocycles. The van der Waals surface area contributed by atoms with Crippen LogP contribution in [0.2, 0.25) is 0 Å². The van der Waals surface area contributed by atoms with Crippen LogP contribution in [0, 0.1) is 0 Å². The predicted molar refractivity (Wildman–Crippen MR) is 83.6 cm³/mol. The van der Waals surface area contributed by atoms with E-state index in [1.54, 1.807) is 18.6 Å². The molecule has 1 atom stereocenters. The molecule has 1 N–H and O–H groups in total. The van der Waals surface area contributed by atoms with Crippen LogP contribution < -0.4 is 5.32 Å². The highest BCUT2D eigenvalue weighted by atomic mass is 79.9. The van der Waals surface area contributed by atoms with Gasteiger partial charge in [0.05, 0.1) is 23.6 Å². The van der Waals surface area contributed by atoms with Gasteiger partial charge in [0.1, 0.15) is 0 Å². The van der Waals surface area contributed by atoms with Crippen molar-refractivity contribution >= 4 is 53.5 Å². The minimum Gasteiger partial charge on any atom is -0.375 e. The molecule has 0 aliphatic rings. The SMILES string of the molecule is CC(Nc1c(Br)cc(Br)cc1Br)c1cnccn1. The summed E-state index contributed by atoms with van der Waals surface area (Å²) in [5.74, 6) is 0. The molecule has 3 nitrogen and oxygen atoms in total. The Balaban J connectivity index is 2.25. The van der Waals surface area contributed by atoms with Gasteiger partial charge in [0.25, 0.3) is 0 Å². The van der Waals surface area contributed by atoms with Crippen LogP contribution in [0.3, 0.4) is 0 Å². The van der Waals surface area contributed by atoms with Crippen LogP contribution in [-0.4, -0.2) is 9.97 Å². The van der Waals surface area contributed by atoms with E-state index in [0.717, 1.165) is 24.8 Å². The van der Waals surface area contributed by atoms with Crippen molar-refractivity contribution in [2.75, 3.05) is 5.32 Å². The Kier molecular flexibility index (Phi) is 4.75. The molecule has 1 aromatic carbocycles. The molecule has 0 amide bonds. The average Bonchev–Trinajstić information content (AvgIpc) is 2.34. The fourth-order valence-corrected chi connectivity index (χ4v) is 3.99. The van der Waals surface area contributed by atoms with E-state index < -0.39 is 0 Å². The highest BCUT2D eigenvalue weighted by Gasteiger charge is 2.12. The first-order chi connectivity index (χ1) is 8.58. The van der Waals surface area contributed by atoms with Crippen molar-refractivity contribution in [2.45, 2.75) is 13.0 Å². The Hall–Kier alpha value is -0.460. The minimum absolute atomic E-state index is 0.0764. The van der Waals surface area contributed by atoms with Crippen LogP contribution in [0.25, 0.3) is 0 Å². The van der Waals surface area contributed by atoms with E-state index in [2.05, 4.69) is 63.1 Å². The lowest BCUT2D eigenvalue weighted by Crippen LogP contribution is -2.09. The minimum atomic E-state index is 0.0764. The number of nitrogens with one attached hydrogen (secondary N) is 1. The van der Waals surface area contributed by atoms with E-state index in [9.17, 15) is 0 Å². The van der Waals surface area contributed by atoms with Gasteiger partial charge in [0.15, 0.2) is 0 Å². The molecule has 0 fully saturated rings.